The van der Waals surface area contributed by atoms with E-state index in [2.05, 4.69) is 129 Å². The minimum absolute atomic E-state index is 0.0881. The highest BCUT2D eigenvalue weighted by atomic mass is 16.3. The van der Waals surface area contributed by atoms with E-state index in [1.165, 1.54) is 96.3 Å². The van der Waals surface area contributed by atoms with Crippen molar-refractivity contribution in [3.8, 4) is 0 Å². The van der Waals surface area contributed by atoms with E-state index in [0.29, 0.717) is 6.42 Å². The van der Waals surface area contributed by atoms with Crippen LogP contribution in [0, 0.1) is 0 Å². The summed E-state index contributed by atoms with van der Waals surface area (Å²) in [7, 11) is 0. The topological polar surface area (TPSA) is 69.6 Å². The van der Waals surface area contributed by atoms with Crippen LogP contribution in [0.1, 0.15) is 213 Å². The van der Waals surface area contributed by atoms with Crippen LogP contribution in [0.25, 0.3) is 0 Å². The molecule has 0 aliphatic carbocycles. The summed E-state index contributed by atoms with van der Waals surface area (Å²) >= 11 is 0. The number of carbonyl (C=O) groups excluding carboxylic acids is 1. The fourth-order valence-corrected chi connectivity index (χ4v) is 6.88. The summed E-state index contributed by atoms with van der Waals surface area (Å²) in [6.07, 6.45) is 78.9. The average Bonchev–Trinajstić information content (AvgIpc) is 3.26. The summed E-state index contributed by atoms with van der Waals surface area (Å²) < 4.78 is 0. The molecule has 0 saturated carbocycles. The molecule has 0 aromatic heterocycles. The van der Waals surface area contributed by atoms with Gasteiger partial charge < -0.3 is 15.5 Å². The van der Waals surface area contributed by atoms with Gasteiger partial charge in [-0.3, -0.25) is 4.79 Å². The van der Waals surface area contributed by atoms with Gasteiger partial charge in [-0.05, 0) is 89.9 Å². The molecule has 346 valence electrons. The SMILES string of the molecule is CC/C=C\C/C=C\C/C=C\C/C=C\C/C=C\C/C=C\C/C=C\C/C=C\C/C=C\CCCCCCCC(=O)NC(CO)C(O)/C=C/CCCCCCCCCCCCCCCC. The molecule has 0 spiro atoms. The molecule has 61 heavy (non-hydrogen) atoms. The summed E-state index contributed by atoms with van der Waals surface area (Å²) in [5.41, 5.74) is 0. The molecule has 0 fully saturated rings. The maximum absolute atomic E-state index is 12.4. The predicted octanol–water partition coefficient (Wildman–Crippen LogP) is 16.5. The standard InChI is InChI=1S/C57H95NO3/c1-3-5-7-9-11-13-15-17-19-21-22-23-24-25-26-27-28-29-30-31-32-33-34-35-36-37-39-41-43-45-47-49-51-53-57(61)58-55(54-59)56(60)52-50-48-46-44-42-40-38-20-18-16-14-12-10-8-6-4-2/h5,7,11,13,17,19,22-23,25-26,28-29,31-32,34-35,37,39,50,52,55-56,59-60H,3-4,6,8-10,12,14-16,18,20-21,24,27,30,33,36,38,40-49,51,53-54H2,1-2H3,(H,58,61)/b7-5-,13-11-,19-17-,23-22-,26-25-,29-28-,32-31-,35-34-,39-37-,52-50+. The van der Waals surface area contributed by atoms with Crippen molar-refractivity contribution in [1.29, 1.82) is 0 Å². The largest absolute Gasteiger partial charge is 0.394 e. The second-order valence-electron chi connectivity index (χ2n) is 16.5. The quantitative estimate of drug-likeness (QED) is 0.0423. The summed E-state index contributed by atoms with van der Waals surface area (Å²) in [6.45, 7) is 4.18. The Hall–Kier alpha value is -3.21. The van der Waals surface area contributed by atoms with E-state index in [4.69, 9.17) is 0 Å². The normalized spacial score (nSPS) is 14.0. The molecule has 0 aromatic carbocycles. The van der Waals surface area contributed by atoms with Crippen molar-refractivity contribution in [1.82, 2.24) is 5.32 Å². The van der Waals surface area contributed by atoms with Gasteiger partial charge in [-0.1, -0.05) is 238 Å². The minimum atomic E-state index is -0.856. The zero-order valence-corrected chi connectivity index (χ0v) is 39.6. The number of rotatable bonds is 44. The molecule has 2 unspecified atom stereocenters. The maximum atomic E-state index is 12.4. The summed E-state index contributed by atoms with van der Waals surface area (Å²) in [6, 6.07) is -0.641. The van der Waals surface area contributed by atoms with Gasteiger partial charge in [-0.25, -0.2) is 0 Å². The fraction of sp³-hybridized carbons (Fsp3) is 0.632. The van der Waals surface area contributed by atoms with Crippen LogP contribution < -0.4 is 5.32 Å². The molecule has 0 saturated heterocycles. The molecule has 0 bridgehead atoms. The number of allylic oxidation sites excluding steroid dienone is 19. The summed E-state index contributed by atoms with van der Waals surface area (Å²) in [5.74, 6) is -0.0881. The van der Waals surface area contributed by atoms with E-state index in [-0.39, 0.29) is 12.5 Å². The van der Waals surface area contributed by atoms with Crippen LogP contribution in [0.3, 0.4) is 0 Å². The smallest absolute Gasteiger partial charge is 0.220 e. The number of aliphatic hydroxyl groups excluding tert-OH is 2. The lowest BCUT2D eigenvalue weighted by molar-refractivity contribution is -0.123. The van der Waals surface area contributed by atoms with Crippen LogP contribution in [0.2, 0.25) is 0 Å². The number of aliphatic hydroxyl groups is 2. The number of carbonyl (C=O) groups is 1. The van der Waals surface area contributed by atoms with Gasteiger partial charge in [0.1, 0.15) is 0 Å². The second kappa shape index (κ2) is 51.1. The lowest BCUT2D eigenvalue weighted by atomic mass is 10.0. The van der Waals surface area contributed by atoms with Gasteiger partial charge in [0.05, 0.1) is 18.8 Å². The van der Waals surface area contributed by atoms with Crippen LogP contribution in [-0.4, -0.2) is 34.9 Å². The first-order valence-electron chi connectivity index (χ1n) is 25.2. The van der Waals surface area contributed by atoms with Crippen LogP contribution in [0.15, 0.2) is 122 Å². The van der Waals surface area contributed by atoms with Gasteiger partial charge in [0.25, 0.3) is 0 Å². The molecule has 0 heterocycles. The van der Waals surface area contributed by atoms with Gasteiger partial charge in [0.15, 0.2) is 0 Å². The molecule has 0 aliphatic heterocycles. The van der Waals surface area contributed by atoms with E-state index < -0.39 is 12.1 Å². The molecule has 0 aliphatic rings. The average molecular weight is 842 g/mol. The third kappa shape index (κ3) is 47.7. The molecule has 0 rings (SSSR count). The van der Waals surface area contributed by atoms with Crippen LogP contribution in [0.5, 0.6) is 0 Å². The van der Waals surface area contributed by atoms with Gasteiger partial charge in [0, 0.05) is 6.42 Å². The Balaban J connectivity index is 3.69. The fourth-order valence-electron chi connectivity index (χ4n) is 6.88. The molecule has 4 nitrogen and oxygen atoms in total. The first kappa shape index (κ1) is 57.8. The van der Waals surface area contributed by atoms with E-state index in [1.807, 2.05) is 6.08 Å². The highest BCUT2D eigenvalue weighted by molar-refractivity contribution is 5.76. The molecular weight excluding hydrogens is 747 g/mol. The van der Waals surface area contributed by atoms with Crippen molar-refractivity contribution < 1.29 is 15.0 Å². The first-order chi connectivity index (χ1) is 30.2. The van der Waals surface area contributed by atoms with Crippen molar-refractivity contribution in [2.24, 2.45) is 0 Å². The van der Waals surface area contributed by atoms with Gasteiger partial charge in [-0.15, -0.1) is 0 Å². The number of unbranched alkanes of at least 4 members (excludes halogenated alkanes) is 19. The van der Waals surface area contributed by atoms with E-state index >= 15 is 0 Å². The number of hydrogen-bond acceptors (Lipinski definition) is 3. The maximum Gasteiger partial charge on any atom is 0.220 e. The van der Waals surface area contributed by atoms with Crippen molar-refractivity contribution in [2.75, 3.05) is 6.61 Å². The van der Waals surface area contributed by atoms with Gasteiger partial charge in [-0.2, -0.15) is 0 Å². The lowest BCUT2D eigenvalue weighted by Crippen LogP contribution is -2.45. The highest BCUT2D eigenvalue weighted by Gasteiger charge is 2.17. The monoisotopic (exact) mass is 842 g/mol. The number of nitrogens with one attached hydrogen (secondary N) is 1. The Morgan fingerprint density at radius 2 is 0.721 bits per heavy atom. The van der Waals surface area contributed by atoms with Crippen molar-refractivity contribution >= 4 is 5.91 Å². The zero-order valence-electron chi connectivity index (χ0n) is 39.6. The van der Waals surface area contributed by atoms with Crippen molar-refractivity contribution in [3.05, 3.63) is 122 Å². The molecule has 2 atom stereocenters. The summed E-state index contributed by atoms with van der Waals surface area (Å²) in [4.78, 5) is 12.4. The Kier molecular flexibility index (Phi) is 48.5. The molecule has 3 N–H and O–H groups in total. The third-order valence-electron chi connectivity index (χ3n) is 10.7. The Bertz CT molecular complexity index is 1230. The third-order valence-corrected chi connectivity index (χ3v) is 10.7. The molecule has 1 amide bonds. The van der Waals surface area contributed by atoms with Crippen LogP contribution >= 0.6 is 0 Å². The Morgan fingerprint density at radius 1 is 0.410 bits per heavy atom. The zero-order chi connectivity index (χ0) is 44.2. The second-order valence-corrected chi connectivity index (χ2v) is 16.5. The molecular formula is C57H95NO3. The molecule has 4 heteroatoms. The molecule has 0 radical (unpaired) electrons. The van der Waals surface area contributed by atoms with Gasteiger partial charge in [0.2, 0.25) is 5.91 Å². The Morgan fingerprint density at radius 3 is 1.08 bits per heavy atom. The Labute approximate surface area is 378 Å². The van der Waals surface area contributed by atoms with Crippen LogP contribution in [0.4, 0.5) is 0 Å². The predicted molar refractivity (Wildman–Crippen MR) is 271 cm³/mol. The molecule has 0 aromatic rings. The highest BCUT2D eigenvalue weighted by Crippen LogP contribution is 2.14. The first-order valence-corrected chi connectivity index (χ1v) is 25.2. The van der Waals surface area contributed by atoms with E-state index in [1.54, 1.807) is 6.08 Å². The van der Waals surface area contributed by atoms with E-state index in [9.17, 15) is 15.0 Å². The number of amides is 1. The minimum Gasteiger partial charge on any atom is -0.394 e. The van der Waals surface area contributed by atoms with Gasteiger partial charge >= 0.3 is 0 Å². The van der Waals surface area contributed by atoms with E-state index in [0.717, 1.165) is 96.3 Å². The number of hydrogen-bond donors (Lipinski definition) is 3. The summed E-state index contributed by atoms with van der Waals surface area (Å²) in [5, 5.41) is 23.1. The van der Waals surface area contributed by atoms with Crippen molar-refractivity contribution in [2.45, 2.75) is 225 Å². The van der Waals surface area contributed by atoms with Crippen LogP contribution in [-0.2, 0) is 4.79 Å². The lowest BCUT2D eigenvalue weighted by Gasteiger charge is -2.20. The van der Waals surface area contributed by atoms with Crippen molar-refractivity contribution in [3.63, 3.8) is 0 Å².